The molecule has 0 aliphatic heterocycles. The fraction of sp³-hybridized carbons (Fsp3) is 0. The number of benzene rings is 4. The monoisotopic (exact) mass is 362 g/mol. The molecule has 0 aliphatic rings. The maximum atomic E-state index is 9.69. The number of furan rings is 2. The molecule has 132 valence electrons. The van der Waals surface area contributed by atoms with Crippen molar-refractivity contribution in [3.63, 3.8) is 0 Å². The largest absolute Gasteiger partial charge is 0.456 e. The normalized spacial score (nSPS) is 11.8. The molecule has 0 fully saturated rings. The van der Waals surface area contributed by atoms with E-state index in [1.165, 1.54) is 0 Å². The number of hydrogen-bond donors (Lipinski definition) is 1. The van der Waals surface area contributed by atoms with Crippen LogP contribution in [-0.2, 0) is 0 Å². The van der Waals surface area contributed by atoms with Gasteiger partial charge in [0.2, 0.25) is 0 Å². The molecule has 4 heteroatoms. The van der Waals surface area contributed by atoms with E-state index in [1.807, 2.05) is 42.5 Å². The van der Waals surface area contributed by atoms with Crippen molar-refractivity contribution in [2.75, 3.05) is 0 Å². The van der Waals surface area contributed by atoms with Crippen LogP contribution in [0.4, 0.5) is 0 Å². The molecule has 2 heterocycles. The lowest BCUT2D eigenvalue weighted by atomic mass is 9.87. The van der Waals surface area contributed by atoms with Crippen molar-refractivity contribution in [2.24, 2.45) is 0 Å². The van der Waals surface area contributed by atoms with Gasteiger partial charge in [-0.25, -0.2) is 0 Å². The molecule has 0 radical (unpaired) electrons. The van der Waals surface area contributed by atoms with Gasteiger partial charge in [-0.1, -0.05) is 72.8 Å². The van der Waals surface area contributed by atoms with E-state index in [2.05, 4.69) is 36.4 Å². The quantitative estimate of drug-likeness (QED) is 0.435. The van der Waals surface area contributed by atoms with E-state index in [0.29, 0.717) is 0 Å². The van der Waals surface area contributed by atoms with E-state index in [-0.39, 0.29) is 7.48 Å². The van der Waals surface area contributed by atoms with Crippen molar-refractivity contribution >= 4 is 56.8 Å². The Morgan fingerprint density at radius 3 is 1.86 bits per heavy atom. The Balaban J connectivity index is 1.74. The number of hydrogen-bond acceptors (Lipinski definition) is 3. The first kappa shape index (κ1) is 15.6. The molecule has 1 N–H and O–H groups in total. The number of fused-ring (bicyclic) bond motifs is 6. The van der Waals surface area contributed by atoms with Gasteiger partial charge in [0, 0.05) is 32.7 Å². The smallest absolute Gasteiger partial charge is 0.308 e. The van der Waals surface area contributed by atoms with E-state index < -0.39 is 0 Å². The molecule has 0 saturated heterocycles. The van der Waals surface area contributed by atoms with E-state index >= 15 is 0 Å². The minimum atomic E-state index is -0.0499. The Morgan fingerprint density at radius 2 is 1.11 bits per heavy atom. The van der Waals surface area contributed by atoms with Gasteiger partial charge in [-0.15, -0.1) is 0 Å². The minimum absolute atomic E-state index is 0.0499. The van der Waals surface area contributed by atoms with Crippen LogP contribution >= 0.6 is 0 Å². The SMILES string of the molecule is OBc1cccc2c1oc1c(-c3cccc4c3oc3ccccc34)cccc12. The lowest BCUT2D eigenvalue weighted by Gasteiger charge is -2.03. The van der Waals surface area contributed by atoms with Crippen molar-refractivity contribution < 1.29 is 13.9 Å². The molecule has 0 saturated carbocycles. The van der Waals surface area contributed by atoms with Crippen molar-refractivity contribution in [3.8, 4) is 11.1 Å². The maximum Gasteiger partial charge on any atom is 0.308 e. The molecule has 0 amide bonds. The number of para-hydroxylation sites is 4. The topological polar surface area (TPSA) is 46.5 Å². The van der Waals surface area contributed by atoms with Crippen molar-refractivity contribution in [1.82, 2.24) is 0 Å². The molecule has 3 nitrogen and oxygen atoms in total. The van der Waals surface area contributed by atoms with Crippen molar-refractivity contribution in [3.05, 3.63) is 78.9 Å². The molecule has 0 atom stereocenters. The van der Waals surface area contributed by atoms with Gasteiger partial charge in [-0.2, -0.15) is 0 Å². The predicted molar refractivity (Wildman–Crippen MR) is 115 cm³/mol. The predicted octanol–water partition coefficient (Wildman–Crippen LogP) is 5.12. The molecule has 2 aromatic heterocycles. The summed E-state index contributed by atoms with van der Waals surface area (Å²) in [6.07, 6.45) is 0. The second-order valence-corrected chi connectivity index (χ2v) is 7.02. The molecule has 0 bridgehead atoms. The molecular formula is C24H15BO3. The third-order valence-corrected chi connectivity index (χ3v) is 5.47. The summed E-state index contributed by atoms with van der Waals surface area (Å²) in [4.78, 5) is 0. The van der Waals surface area contributed by atoms with Gasteiger partial charge in [0.15, 0.2) is 0 Å². The van der Waals surface area contributed by atoms with Crippen molar-refractivity contribution in [1.29, 1.82) is 0 Å². The molecule has 4 aromatic carbocycles. The van der Waals surface area contributed by atoms with Crippen LogP contribution in [0.25, 0.3) is 55.0 Å². The van der Waals surface area contributed by atoms with Crippen LogP contribution in [0.3, 0.4) is 0 Å². The average Bonchev–Trinajstić information content (AvgIpc) is 3.32. The van der Waals surface area contributed by atoms with Crippen LogP contribution in [0.5, 0.6) is 0 Å². The summed E-state index contributed by atoms with van der Waals surface area (Å²) in [7, 11) is -0.0499. The van der Waals surface area contributed by atoms with Crippen LogP contribution < -0.4 is 5.46 Å². The fourth-order valence-electron chi connectivity index (χ4n) is 4.17. The Kier molecular flexibility index (Phi) is 3.19. The Morgan fingerprint density at radius 1 is 0.536 bits per heavy atom. The summed E-state index contributed by atoms with van der Waals surface area (Å²) >= 11 is 0. The van der Waals surface area contributed by atoms with E-state index in [0.717, 1.165) is 60.5 Å². The summed E-state index contributed by atoms with van der Waals surface area (Å²) in [5.74, 6) is 0. The second-order valence-electron chi connectivity index (χ2n) is 7.02. The van der Waals surface area contributed by atoms with Crippen molar-refractivity contribution in [2.45, 2.75) is 0 Å². The standard InChI is InChI=1S/C24H15BO3/c26-25-20-12-5-11-19-18-10-4-9-17(23(18)28-24(19)20)16-8-3-7-15-14-6-1-2-13-21(14)27-22(15)16/h1-13,25-26H. The third kappa shape index (κ3) is 2.04. The van der Waals surface area contributed by atoms with E-state index in [9.17, 15) is 5.02 Å². The number of rotatable bonds is 2. The van der Waals surface area contributed by atoms with Gasteiger partial charge in [-0.05, 0) is 11.5 Å². The van der Waals surface area contributed by atoms with Crippen LogP contribution in [0.2, 0.25) is 0 Å². The zero-order valence-electron chi connectivity index (χ0n) is 15.0. The Bertz CT molecular complexity index is 1510. The first-order valence-corrected chi connectivity index (χ1v) is 9.30. The molecule has 0 unspecified atom stereocenters. The summed E-state index contributed by atoms with van der Waals surface area (Å²) in [5, 5.41) is 14.0. The van der Waals surface area contributed by atoms with Gasteiger partial charge in [0.25, 0.3) is 0 Å². The zero-order chi connectivity index (χ0) is 18.7. The van der Waals surface area contributed by atoms with Crippen LogP contribution in [0, 0.1) is 0 Å². The fourth-order valence-corrected chi connectivity index (χ4v) is 4.17. The van der Waals surface area contributed by atoms with Gasteiger partial charge in [0.05, 0.1) is 0 Å². The lowest BCUT2D eigenvalue weighted by Crippen LogP contribution is -2.12. The Labute approximate surface area is 161 Å². The summed E-state index contributed by atoms with van der Waals surface area (Å²) in [5.41, 5.74) is 6.08. The zero-order valence-corrected chi connectivity index (χ0v) is 15.0. The minimum Gasteiger partial charge on any atom is -0.456 e. The van der Waals surface area contributed by atoms with E-state index in [4.69, 9.17) is 8.83 Å². The highest BCUT2D eigenvalue weighted by molar-refractivity contribution is 6.50. The Hall–Kier alpha value is -3.50. The summed E-state index contributed by atoms with van der Waals surface area (Å²) in [6, 6.07) is 26.4. The highest BCUT2D eigenvalue weighted by Crippen LogP contribution is 2.40. The van der Waals surface area contributed by atoms with Crippen LogP contribution in [0.15, 0.2) is 87.7 Å². The first-order chi connectivity index (χ1) is 13.8. The van der Waals surface area contributed by atoms with Crippen LogP contribution in [-0.4, -0.2) is 12.5 Å². The molecule has 0 spiro atoms. The molecule has 0 aliphatic carbocycles. The van der Waals surface area contributed by atoms with E-state index in [1.54, 1.807) is 0 Å². The summed E-state index contributed by atoms with van der Waals surface area (Å²) < 4.78 is 12.5. The maximum absolute atomic E-state index is 9.69. The van der Waals surface area contributed by atoms with Gasteiger partial charge < -0.3 is 13.9 Å². The molecule has 28 heavy (non-hydrogen) atoms. The van der Waals surface area contributed by atoms with Gasteiger partial charge in [-0.3, -0.25) is 0 Å². The second kappa shape index (κ2) is 5.75. The molecular weight excluding hydrogens is 347 g/mol. The lowest BCUT2D eigenvalue weighted by molar-refractivity contribution is 0.613. The highest BCUT2D eigenvalue weighted by atomic mass is 16.3. The average molecular weight is 362 g/mol. The van der Waals surface area contributed by atoms with Gasteiger partial charge in [0.1, 0.15) is 22.3 Å². The first-order valence-electron chi connectivity index (χ1n) is 9.30. The molecule has 6 rings (SSSR count). The summed E-state index contributed by atoms with van der Waals surface area (Å²) in [6.45, 7) is 0. The third-order valence-electron chi connectivity index (χ3n) is 5.47. The van der Waals surface area contributed by atoms with Crippen LogP contribution in [0.1, 0.15) is 0 Å². The van der Waals surface area contributed by atoms with Gasteiger partial charge >= 0.3 is 7.48 Å². The highest BCUT2D eigenvalue weighted by Gasteiger charge is 2.18. The molecule has 6 aromatic rings.